The fourth-order valence-corrected chi connectivity index (χ4v) is 5.81. The summed E-state index contributed by atoms with van der Waals surface area (Å²) in [6.45, 7) is 3.62. The van der Waals surface area contributed by atoms with Gasteiger partial charge in [-0.1, -0.05) is 12.5 Å². The Labute approximate surface area is 197 Å². The SMILES string of the molecule is CC(=O)c1ccc2c(c1)nc(-c1ccccn1)n2[C@H]1CCC[C@@H](CC(=O)c2ccc(C)s2)C1. The quantitative estimate of drug-likeness (QED) is 0.303. The number of pyridine rings is 1. The van der Waals surface area contributed by atoms with Gasteiger partial charge in [-0.15, -0.1) is 11.3 Å². The van der Waals surface area contributed by atoms with Crippen molar-refractivity contribution in [3.8, 4) is 11.5 Å². The first kappa shape index (κ1) is 21.7. The molecule has 0 radical (unpaired) electrons. The fraction of sp³-hybridized carbons (Fsp3) is 0.333. The van der Waals surface area contributed by atoms with Gasteiger partial charge in [0.25, 0.3) is 0 Å². The molecule has 33 heavy (non-hydrogen) atoms. The van der Waals surface area contributed by atoms with Crippen LogP contribution in [0.2, 0.25) is 0 Å². The van der Waals surface area contributed by atoms with Crippen LogP contribution in [0.4, 0.5) is 0 Å². The number of aromatic nitrogens is 3. The lowest BCUT2D eigenvalue weighted by Crippen LogP contribution is -2.22. The number of thiophene rings is 1. The molecule has 0 unspecified atom stereocenters. The van der Waals surface area contributed by atoms with Crippen molar-refractivity contribution in [3.63, 3.8) is 0 Å². The minimum absolute atomic E-state index is 0.0332. The van der Waals surface area contributed by atoms with Crippen LogP contribution in [-0.4, -0.2) is 26.1 Å². The average Bonchev–Trinajstić information content (AvgIpc) is 3.43. The molecule has 0 N–H and O–H groups in total. The van der Waals surface area contributed by atoms with Crippen LogP contribution in [0.15, 0.2) is 54.7 Å². The Morgan fingerprint density at radius 1 is 1.12 bits per heavy atom. The number of aryl methyl sites for hydroxylation is 1. The van der Waals surface area contributed by atoms with Crippen LogP contribution in [0, 0.1) is 12.8 Å². The number of hydrogen-bond acceptors (Lipinski definition) is 5. The predicted octanol–water partition coefficient (Wildman–Crippen LogP) is 6.68. The van der Waals surface area contributed by atoms with Gasteiger partial charge in [-0.3, -0.25) is 14.6 Å². The minimum atomic E-state index is 0.0332. The maximum atomic E-state index is 12.9. The summed E-state index contributed by atoms with van der Waals surface area (Å²) in [6, 6.07) is 15.8. The summed E-state index contributed by atoms with van der Waals surface area (Å²) in [5, 5.41) is 0. The van der Waals surface area contributed by atoms with Gasteiger partial charge < -0.3 is 4.57 Å². The van der Waals surface area contributed by atoms with E-state index in [4.69, 9.17) is 4.98 Å². The highest BCUT2D eigenvalue weighted by Crippen LogP contribution is 2.39. The fourth-order valence-electron chi connectivity index (χ4n) is 4.99. The minimum Gasteiger partial charge on any atom is -0.320 e. The molecule has 0 spiro atoms. The van der Waals surface area contributed by atoms with Crippen molar-refractivity contribution >= 4 is 33.9 Å². The maximum absolute atomic E-state index is 12.9. The number of Topliss-reactive ketones (excluding diaryl/α,β-unsaturated/α-hetero) is 2. The highest BCUT2D eigenvalue weighted by Gasteiger charge is 2.29. The second kappa shape index (κ2) is 9.02. The van der Waals surface area contributed by atoms with E-state index < -0.39 is 0 Å². The second-order valence-electron chi connectivity index (χ2n) is 9.00. The zero-order chi connectivity index (χ0) is 22.9. The van der Waals surface area contributed by atoms with Gasteiger partial charge in [-0.05, 0) is 81.5 Å². The van der Waals surface area contributed by atoms with E-state index in [1.807, 2.05) is 55.5 Å². The molecule has 6 heteroatoms. The highest BCUT2D eigenvalue weighted by molar-refractivity contribution is 7.14. The van der Waals surface area contributed by atoms with E-state index in [1.54, 1.807) is 24.5 Å². The van der Waals surface area contributed by atoms with E-state index in [0.29, 0.717) is 17.9 Å². The molecule has 1 aliphatic rings. The van der Waals surface area contributed by atoms with Crippen molar-refractivity contribution in [1.82, 2.24) is 14.5 Å². The molecule has 1 aromatic carbocycles. The number of fused-ring (bicyclic) bond motifs is 1. The molecule has 0 amide bonds. The lowest BCUT2D eigenvalue weighted by Gasteiger charge is -2.31. The Kier molecular flexibility index (Phi) is 5.94. The molecule has 3 aromatic heterocycles. The van der Waals surface area contributed by atoms with E-state index in [-0.39, 0.29) is 17.6 Å². The van der Waals surface area contributed by atoms with Crippen molar-refractivity contribution in [1.29, 1.82) is 0 Å². The van der Waals surface area contributed by atoms with Crippen molar-refractivity contribution in [2.24, 2.45) is 5.92 Å². The van der Waals surface area contributed by atoms with Crippen LogP contribution in [0.3, 0.4) is 0 Å². The van der Waals surface area contributed by atoms with Gasteiger partial charge in [0, 0.05) is 29.1 Å². The van der Waals surface area contributed by atoms with E-state index in [1.165, 1.54) is 4.88 Å². The first-order valence-electron chi connectivity index (χ1n) is 11.5. The van der Waals surface area contributed by atoms with E-state index in [2.05, 4.69) is 9.55 Å². The van der Waals surface area contributed by atoms with Gasteiger partial charge in [0.15, 0.2) is 17.4 Å². The molecule has 0 saturated heterocycles. The molecular weight excluding hydrogens is 430 g/mol. The summed E-state index contributed by atoms with van der Waals surface area (Å²) in [5.74, 6) is 1.47. The van der Waals surface area contributed by atoms with E-state index >= 15 is 0 Å². The molecule has 0 bridgehead atoms. The number of benzene rings is 1. The summed E-state index contributed by atoms with van der Waals surface area (Å²) >= 11 is 1.59. The number of carbonyl (C=O) groups is 2. The maximum Gasteiger partial charge on any atom is 0.173 e. The molecule has 1 aliphatic carbocycles. The van der Waals surface area contributed by atoms with Gasteiger partial charge in [0.2, 0.25) is 0 Å². The van der Waals surface area contributed by atoms with Crippen molar-refractivity contribution in [2.45, 2.75) is 52.0 Å². The van der Waals surface area contributed by atoms with Crippen LogP contribution in [0.5, 0.6) is 0 Å². The molecule has 1 saturated carbocycles. The molecule has 1 fully saturated rings. The molecular formula is C27H27N3O2S. The van der Waals surface area contributed by atoms with Crippen LogP contribution < -0.4 is 0 Å². The summed E-state index contributed by atoms with van der Waals surface area (Å²) < 4.78 is 2.30. The molecule has 3 heterocycles. The lowest BCUT2D eigenvalue weighted by molar-refractivity contribution is 0.0945. The molecule has 168 valence electrons. The first-order chi connectivity index (χ1) is 16.0. The van der Waals surface area contributed by atoms with Crippen LogP contribution in [-0.2, 0) is 0 Å². The molecule has 2 atom stereocenters. The molecule has 5 rings (SSSR count). The molecule has 5 nitrogen and oxygen atoms in total. The number of nitrogens with zero attached hydrogens (tertiary/aromatic N) is 3. The zero-order valence-electron chi connectivity index (χ0n) is 19.0. The highest BCUT2D eigenvalue weighted by atomic mass is 32.1. The van der Waals surface area contributed by atoms with Gasteiger partial charge >= 0.3 is 0 Å². The Bertz CT molecular complexity index is 1320. The summed E-state index contributed by atoms with van der Waals surface area (Å²) in [6.07, 6.45) is 6.52. The third-order valence-electron chi connectivity index (χ3n) is 6.60. The first-order valence-corrected chi connectivity index (χ1v) is 12.3. The van der Waals surface area contributed by atoms with E-state index in [0.717, 1.165) is 53.1 Å². The third kappa shape index (κ3) is 4.40. The number of hydrogen-bond donors (Lipinski definition) is 0. The standard InChI is InChI=1S/C27H27N3O2S/c1-17-9-12-26(33-17)25(32)15-19-6-5-7-21(14-19)30-24-11-10-20(18(2)31)16-23(24)29-27(30)22-8-3-4-13-28-22/h3-4,8-13,16,19,21H,5-7,14-15H2,1-2H3/t19-,21+/m1/s1. The second-order valence-corrected chi connectivity index (χ2v) is 10.3. The Hall–Kier alpha value is -3.12. The van der Waals surface area contributed by atoms with Gasteiger partial charge in [0.05, 0.1) is 15.9 Å². The normalized spacial score (nSPS) is 18.5. The van der Waals surface area contributed by atoms with Crippen LogP contribution in [0.25, 0.3) is 22.6 Å². The Morgan fingerprint density at radius 2 is 2.00 bits per heavy atom. The average molecular weight is 458 g/mol. The number of rotatable bonds is 6. The van der Waals surface area contributed by atoms with Crippen molar-refractivity contribution in [3.05, 3.63) is 70.0 Å². The summed E-state index contributed by atoms with van der Waals surface area (Å²) in [4.78, 5) is 36.3. The van der Waals surface area contributed by atoms with Crippen molar-refractivity contribution in [2.75, 3.05) is 0 Å². The lowest BCUT2D eigenvalue weighted by atomic mass is 9.82. The van der Waals surface area contributed by atoms with Crippen LogP contribution >= 0.6 is 11.3 Å². The number of ketones is 2. The topological polar surface area (TPSA) is 64.8 Å². The number of imidazole rings is 1. The third-order valence-corrected chi connectivity index (χ3v) is 7.64. The van der Waals surface area contributed by atoms with Crippen LogP contribution in [0.1, 0.15) is 70.0 Å². The van der Waals surface area contributed by atoms with Gasteiger partial charge in [0.1, 0.15) is 5.69 Å². The Morgan fingerprint density at radius 3 is 2.73 bits per heavy atom. The van der Waals surface area contributed by atoms with Crippen molar-refractivity contribution < 1.29 is 9.59 Å². The summed E-state index contributed by atoms with van der Waals surface area (Å²) in [5.41, 5.74) is 3.32. The summed E-state index contributed by atoms with van der Waals surface area (Å²) in [7, 11) is 0. The monoisotopic (exact) mass is 457 g/mol. The Balaban J connectivity index is 1.49. The number of carbonyl (C=O) groups excluding carboxylic acids is 2. The smallest absolute Gasteiger partial charge is 0.173 e. The molecule has 0 aliphatic heterocycles. The zero-order valence-corrected chi connectivity index (χ0v) is 19.8. The van der Waals surface area contributed by atoms with E-state index in [9.17, 15) is 9.59 Å². The largest absolute Gasteiger partial charge is 0.320 e. The predicted molar refractivity (Wildman–Crippen MR) is 132 cm³/mol. The van der Waals surface area contributed by atoms with Gasteiger partial charge in [-0.2, -0.15) is 0 Å². The molecule has 4 aromatic rings. The van der Waals surface area contributed by atoms with Gasteiger partial charge in [-0.25, -0.2) is 4.98 Å².